The van der Waals surface area contributed by atoms with E-state index in [0.29, 0.717) is 6.07 Å². The predicted octanol–water partition coefficient (Wildman–Crippen LogP) is 0.797. The molecule has 0 unspecified atom stereocenters. The summed E-state index contributed by atoms with van der Waals surface area (Å²) in [5, 5.41) is 8.53. The summed E-state index contributed by atoms with van der Waals surface area (Å²) in [6.07, 6.45) is 0. The van der Waals surface area contributed by atoms with Gasteiger partial charge in [-0.1, -0.05) is 6.07 Å². The maximum absolute atomic E-state index is 11.4. The maximum atomic E-state index is 11.4. The van der Waals surface area contributed by atoms with Crippen LogP contribution in [-0.2, 0) is 25.0 Å². The fraction of sp³-hybridized carbons (Fsp3) is 0.0833. The van der Waals surface area contributed by atoms with Crippen molar-refractivity contribution in [1.82, 2.24) is 0 Å². The zero-order chi connectivity index (χ0) is 17.4. The molecule has 0 spiro atoms. The third kappa shape index (κ3) is 3.96. The predicted molar refractivity (Wildman–Crippen MR) is 76.7 cm³/mol. The van der Waals surface area contributed by atoms with Crippen molar-refractivity contribution in [2.45, 2.75) is 9.79 Å². The van der Waals surface area contributed by atoms with Gasteiger partial charge >= 0.3 is 5.97 Å². The Morgan fingerprint density at radius 1 is 1.00 bits per heavy atom. The smallest absolute Gasteiger partial charge is 0.341 e. The Morgan fingerprint density at radius 2 is 1.65 bits per heavy atom. The van der Waals surface area contributed by atoms with Crippen LogP contribution in [0, 0.1) is 0 Å². The van der Waals surface area contributed by atoms with Crippen molar-refractivity contribution in [1.29, 1.82) is 0 Å². The molecular formula is C12H10O9S2. The molecule has 0 saturated heterocycles. The molecule has 0 amide bonds. The summed E-state index contributed by atoms with van der Waals surface area (Å²) < 4.78 is 68.5. The number of benzene rings is 2. The molecule has 0 saturated carbocycles. The van der Waals surface area contributed by atoms with Gasteiger partial charge in [-0.3, -0.25) is 9.11 Å². The van der Waals surface area contributed by atoms with Gasteiger partial charge in [0.15, 0.2) is 6.61 Å². The molecule has 23 heavy (non-hydrogen) atoms. The molecule has 0 bridgehead atoms. The first kappa shape index (κ1) is 17.1. The Bertz CT molecular complexity index is 991. The molecule has 0 heterocycles. The van der Waals surface area contributed by atoms with Gasteiger partial charge in [-0.25, -0.2) is 4.79 Å². The van der Waals surface area contributed by atoms with Crippen molar-refractivity contribution in [3.05, 3.63) is 30.3 Å². The van der Waals surface area contributed by atoms with E-state index in [1.54, 1.807) is 0 Å². The van der Waals surface area contributed by atoms with Gasteiger partial charge in [0.25, 0.3) is 20.2 Å². The average Bonchev–Trinajstić information content (AvgIpc) is 2.41. The van der Waals surface area contributed by atoms with Gasteiger partial charge in [0.1, 0.15) is 10.6 Å². The second-order valence-corrected chi connectivity index (χ2v) is 7.25. The Morgan fingerprint density at radius 3 is 2.17 bits per heavy atom. The quantitative estimate of drug-likeness (QED) is 0.655. The number of carboxylic acid groups (broad SMARTS) is 1. The molecule has 11 heteroatoms. The maximum Gasteiger partial charge on any atom is 0.341 e. The molecule has 9 nitrogen and oxygen atoms in total. The number of aliphatic carboxylic acids is 1. The highest BCUT2D eigenvalue weighted by molar-refractivity contribution is 7.86. The molecule has 0 atom stereocenters. The van der Waals surface area contributed by atoms with E-state index in [1.165, 1.54) is 12.1 Å². The zero-order valence-corrected chi connectivity index (χ0v) is 12.8. The van der Waals surface area contributed by atoms with E-state index >= 15 is 0 Å². The van der Waals surface area contributed by atoms with Crippen LogP contribution >= 0.6 is 0 Å². The highest BCUT2D eigenvalue weighted by Gasteiger charge is 2.20. The lowest BCUT2D eigenvalue weighted by molar-refractivity contribution is -0.139. The van der Waals surface area contributed by atoms with Crippen LogP contribution in [0.4, 0.5) is 0 Å². The number of carbonyl (C=O) groups is 1. The highest BCUT2D eigenvalue weighted by Crippen LogP contribution is 2.30. The van der Waals surface area contributed by atoms with E-state index in [9.17, 15) is 26.2 Å². The van der Waals surface area contributed by atoms with Crippen molar-refractivity contribution in [3.8, 4) is 5.75 Å². The van der Waals surface area contributed by atoms with Crippen LogP contribution in [0.15, 0.2) is 40.1 Å². The minimum absolute atomic E-state index is 0.00408. The first-order valence-corrected chi connectivity index (χ1v) is 8.74. The molecule has 0 aliphatic carbocycles. The molecule has 0 fully saturated rings. The lowest BCUT2D eigenvalue weighted by Crippen LogP contribution is -2.09. The fourth-order valence-electron chi connectivity index (χ4n) is 1.87. The molecule has 2 aromatic carbocycles. The Hall–Kier alpha value is -2.21. The lowest BCUT2D eigenvalue weighted by Gasteiger charge is -2.09. The molecule has 0 aliphatic rings. The van der Waals surface area contributed by atoms with Crippen LogP contribution < -0.4 is 4.74 Å². The van der Waals surface area contributed by atoms with Crippen molar-refractivity contribution >= 4 is 37.0 Å². The third-order valence-electron chi connectivity index (χ3n) is 2.80. The summed E-state index contributed by atoms with van der Waals surface area (Å²) in [6.45, 7) is -0.671. The SMILES string of the molecule is O=C(O)COc1ccc2cc(S(=O)(=O)O)cc(S(=O)(=O)O)c2c1. The van der Waals surface area contributed by atoms with Gasteiger partial charge < -0.3 is 9.84 Å². The van der Waals surface area contributed by atoms with E-state index in [1.807, 2.05) is 0 Å². The molecule has 2 aromatic rings. The van der Waals surface area contributed by atoms with Gasteiger partial charge in [0.05, 0.1) is 4.90 Å². The van der Waals surface area contributed by atoms with E-state index in [2.05, 4.69) is 0 Å². The topological polar surface area (TPSA) is 155 Å². The minimum atomic E-state index is -4.81. The first-order chi connectivity index (χ1) is 10.5. The Kier molecular flexibility index (Phi) is 4.30. The van der Waals surface area contributed by atoms with Crippen LogP contribution in [0.1, 0.15) is 0 Å². The molecule has 2 rings (SSSR count). The van der Waals surface area contributed by atoms with Crippen LogP contribution in [0.2, 0.25) is 0 Å². The van der Waals surface area contributed by atoms with Gasteiger partial charge in [-0.05, 0) is 29.7 Å². The first-order valence-electron chi connectivity index (χ1n) is 5.86. The Balaban J connectivity index is 2.73. The fourth-order valence-corrected chi connectivity index (χ4v) is 3.22. The summed E-state index contributed by atoms with van der Waals surface area (Å²) in [6, 6.07) is 5.27. The van der Waals surface area contributed by atoms with Crippen molar-refractivity contribution in [2.24, 2.45) is 0 Å². The van der Waals surface area contributed by atoms with E-state index in [0.717, 1.165) is 12.1 Å². The van der Waals surface area contributed by atoms with Crippen LogP contribution in [0.3, 0.4) is 0 Å². The standard InChI is InChI=1S/C12H10O9S2/c13-12(14)6-21-8-2-1-7-3-9(22(15,16)17)5-11(10(7)4-8)23(18,19)20/h1-5H,6H2,(H,13,14)(H,15,16,17)(H,18,19,20). The average molecular weight is 362 g/mol. The monoisotopic (exact) mass is 362 g/mol. The van der Waals surface area contributed by atoms with Crippen molar-refractivity contribution < 1.29 is 40.6 Å². The summed E-state index contributed by atoms with van der Waals surface area (Å²) in [7, 11) is -9.50. The number of carboxylic acids is 1. The normalized spacial score (nSPS) is 12.3. The molecular weight excluding hydrogens is 352 g/mol. The number of hydrogen-bond acceptors (Lipinski definition) is 6. The van der Waals surface area contributed by atoms with E-state index in [4.69, 9.17) is 14.4 Å². The number of fused-ring (bicyclic) bond motifs is 1. The van der Waals surface area contributed by atoms with Gasteiger partial charge in [0, 0.05) is 5.39 Å². The highest BCUT2D eigenvalue weighted by atomic mass is 32.2. The third-order valence-corrected chi connectivity index (χ3v) is 4.52. The molecule has 3 N–H and O–H groups in total. The largest absolute Gasteiger partial charge is 0.482 e. The minimum Gasteiger partial charge on any atom is -0.482 e. The second-order valence-electron chi connectivity index (χ2n) is 4.44. The number of rotatable bonds is 5. The summed E-state index contributed by atoms with van der Waals surface area (Å²) in [5.41, 5.74) is 0. The molecule has 0 aliphatic heterocycles. The van der Waals surface area contributed by atoms with Crippen molar-refractivity contribution in [3.63, 3.8) is 0 Å². The van der Waals surface area contributed by atoms with Gasteiger partial charge in [-0.2, -0.15) is 16.8 Å². The summed E-state index contributed by atoms with van der Waals surface area (Å²) in [4.78, 5) is 8.99. The van der Waals surface area contributed by atoms with E-state index in [-0.39, 0.29) is 16.5 Å². The summed E-state index contributed by atoms with van der Waals surface area (Å²) in [5.74, 6) is -1.24. The molecule has 0 aromatic heterocycles. The van der Waals surface area contributed by atoms with Crippen LogP contribution in [-0.4, -0.2) is 43.6 Å². The van der Waals surface area contributed by atoms with Gasteiger partial charge in [0.2, 0.25) is 0 Å². The van der Waals surface area contributed by atoms with E-state index < -0.39 is 42.6 Å². The zero-order valence-electron chi connectivity index (χ0n) is 11.2. The summed E-state index contributed by atoms with van der Waals surface area (Å²) >= 11 is 0. The number of hydrogen-bond donors (Lipinski definition) is 3. The Labute approximate surface area is 130 Å². The molecule has 0 radical (unpaired) electrons. The van der Waals surface area contributed by atoms with Crippen molar-refractivity contribution in [2.75, 3.05) is 6.61 Å². The second kappa shape index (κ2) is 5.77. The van der Waals surface area contributed by atoms with Crippen LogP contribution in [0.25, 0.3) is 10.8 Å². The lowest BCUT2D eigenvalue weighted by atomic mass is 10.1. The van der Waals surface area contributed by atoms with Gasteiger partial charge in [-0.15, -0.1) is 0 Å². The van der Waals surface area contributed by atoms with Crippen LogP contribution in [0.5, 0.6) is 5.75 Å². The number of ether oxygens (including phenoxy) is 1. The molecule has 124 valence electrons.